The van der Waals surface area contributed by atoms with Gasteiger partial charge in [0.25, 0.3) is 0 Å². The minimum atomic E-state index is -0.572. The third kappa shape index (κ3) is 31.1. The number of hydrogen-bond acceptors (Lipinski definition) is 4. The second kappa shape index (κ2) is 40.6. The number of carboxylic acids is 1. The van der Waals surface area contributed by atoms with Crippen molar-refractivity contribution in [2.45, 2.75) is 278 Å². The Balaban J connectivity index is 0.00000110. The predicted octanol–water partition coefficient (Wildman–Crippen LogP) is 16.2. The molecule has 3 atom stereocenters. The molecule has 0 aromatic rings. The van der Waals surface area contributed by atoms with E-state index in [4.69, 9.17) is 4.74 Å². The fraction of sp³-hybridized carbons (Fsp3) is 0.939. The number of hydrogen-bond donors (Lipinski definition) is 1. The molecule has 55 heavy (non-hydrogen) atoms. The van der Waals surface area contributed by atoms with Crippen molar-refractivity contribution in [1.29, 1.82) is 0 Å². The molecular weight excluding hydrogens is 683 g/mol. The molecule has 1 N–H and O–H groups in total. The summed E-state index contributed by atoms with van der Waals surface area (Å²) in [6.07, 6.45) is 45.2. The third-order valence-electron chi connectivity index (χ3n) is 12.0. The molecule has 1 heterocycles. The molecule has 0 bridgehead atoms. The van der Waals surface area contributed by atoms with E-state index in [0.717, 1.165) is 57.8 Å². The molecule has 1 aliphatic heterocycles. The van der Waals surface area contributed by atoms with E-state index in [0.29, 0.717) is 6.61 Å². The number of carbonyl (C=O) groups is 3. The Morgan fingerprint density at radius 1 is 0.491 bits per heavy atom. The van der Waals surface area contributed by atoms with E-state index in [1.54, 1.807) is 0 Å². The van der Waals surface area contributed by atoms with Crippen LogP contribution in [-0.4, -0.2) is 40.6 Å². The highest BCUT2D eigenvalue weighted by molar-refractivity contribution is 5.94. The van der Waals surface area contributed by atoms with Crippen LogP contribution in [0.25, 0.3) is 0 Å². The van der Waals surface area contributed by atoms with Gasteiger partial charge in [-0.25, -0.2) is 9.69 Å². The van der Waals surface area contributed by atoms with E-state index >= 15 is 0 Å². The van der Waals surface area contributed by atoms with Crippen molar-refractivity contribution >= 4 is 18.0 Å². The molecule has 326 valence electrons. The highest BCUT2D eigenvalue weighted by atomic mass is 16.6. The van der Waals surface area contributed by atoms with E-state index in [9.17, 15) is 19.5 Å². The number of carboxylic acid groups (broad SMARTS) is 1. The standard InChI is InChI=1S/C27H51NO3.C22H44O2/c1-4-7-9-11-12-13-14-15-16-18-20-22-24(21-19-17-10-8-5-2)26(29)28-25(6-3)23-31-27(28)30;1-3-5-7-9-10-11-12-13-14-16-18-20-21(22(23)24)19-17-15-8-6-4-2/h24-25H,4-23H2,1-3H3;21H,3-20H2,1-2H3,(H,23,24)/t24-,25+;21-/m11/s1. The summed E-state index contributed by atoms with van der Waals surface area (Å²) in [5, 5.41) is 9.34. The van der Waals surface area contributed by atoms with Crippen LogP contribution in [0, 0.1) is 11.8 Å². The topological polar surface area (TPSA) is 83.9 Å². The Labute approximate surface area is 342 Å². The quantitative estimate of drug-likeness (QED) is 0.0628. The van der Waals surface area contributed by atoms with Crippen molar-refractivity contribution in [3.63, 3.8) is 0 Å². The maximum atomic E-state index is 13.2. The van der Waals surface area contributed by atoms with Crippen LogP contribution < -0.4 is 0 Å². The van der Waals surface area contributed by atoms with Gasteiger partial charge in [-0.3, -0.25) is 9.59 Å². The van der Waals surface area contributed by atoms with Crippen LogP contribution >= 0.6 is 0 Å². The number of unbranched alkanes of at least 4 members (excludes halogenated alkanes) is 28. The molecule has 0 unspecified atom stereocenters. The van der Waals surface area contributed by atoms with Gasteiger partial charge in [-0.2, -0.15) is 0 Å². The first-order valence-corrected chi connectivity index (χ1v) is 24.6. The first kappa shape index (κ1) is 53.4. The van der Waals surface area contributed by atoms with Gasteiger partial charge in [-0.15, -0.1) is 0 Å². The van der Waals surface area contributed by atoms with Crippen LogP contribution in [0.3, 0.4) is 0 Å². The summed E-state index contributed by atoms with van der Waals surface area (Å²) in [6.45, 7) is 11.4. The molecule has 1 aliphatic rings. The SMILES string of the molecule is CCCCCCCCCCCCC[C@@H](CCCCCCC)C(=O)N1C(=O)OC[C@@H]1CC.CCCCCCCCCCCCC[C@@H](CCCCCCC)C(=O)O. The lowest BCUT2D eigenvalue weighted by Gasteiger charge is -2.24. The van der Waals surface area contributed by atoms with Crippen molar-refractivity contribution in [1.82, 2.24) is 4.90 Å². The highest BCUT2D eigenvalue weighted by Crippen LogP contribution is 2.26. The number of cyclic esters (lactones) is 1. The summed E-state index contributed by atoms with van der Waals surface area (Å²) in [4.78, 5) is 38.1. The monoisotopic (exact) mass is 778 g/mol. The Bertz CT molecular complexity index is 862. The summed E-state index contributed by atoms with van der Waals surface area (Å²) in [5.74, 6) is -0.653. The van der Waals surface area contributed by atoms with Gasteiger partial charge in [0.05, 0.1) is 12.0 Å². The van der Waals surface area contributed by atoms with Gasteiger partial charge in [0.2, 0.25) is 5.91 Å². The van der Waals surface area contributed by atoms with Crippen molar-refractivity contribution in [3.05, 3.63) is 0 Å². The van der Waals surface area contributed by atoms with Crippen LogP contribution in [0.2, 0.25) is 0 Å². The maximum Gasteiger partial charge on any atom is 0.416 e. The number of aliphatic carboxylic acids is 1. The Kier molecular flexibility index (Phi) is 39.4. The van der Waals surface area contributed by atoms with Gasteiger partial charge in [0.1, 0.15) is 6.61 Å². The van der Waals surface area contributed by atoms with Gasteiger partial charge >= 0.3 is 12.1 Å². The molecule has 0 spiro atoms. The molecule has 1 fully saturated rings. The van der Waals surface area contributed by atoms with Crippen LogP contribution in [-0.2, 0) is 14.3 Å². The van der Waals surface area contributed by atoms with E-state index in [1.165, 1.54) is 185 Å². The Morgan fingerprint density at radius 2 is 0.764 bits per heavy atom. The van der Waals surface area contributed by atoms with Gasteiger partial charge in [-0.1, -0.05) is 240 Å². The van der Waals surface area contributed by atoms with E-state index in [1.807, 2.05) is 6.92 Å². The molecule has 1 rings (SSSR count). The summed E-state index contributed by atoms with van der Waals surface area (Å²) in [7, 11) is 0. The van der Waals surface area contributed by atoms with Gasteiger partial charge in [-0.05, 0) is 32.1 Å². The predicted molar refractivity (Wildman–Crippen MR) is 236 cm³/mol. The summed E-state index contributed by atoms with van der Waals surface area (Å²) in [6, 6.07) is -0.0695. The number of amides is 2. The van der Waals surface area contributed by atoms with Crippen molar-refractivity contribution in [2.24, 2.45) is 11.8 Å². The molecule has 6 nitrogen and oxygen atoms in total. The fourth-order valence-electron chi connectivity index (χ4n) is 8.11. The summed E-state index contributed by atoms with van der Waals surface area (Å²) in [5.41, 5.74) is 0. The van der Waals surface area contributed by atoms with Gasteiger partial charge < -0.3 is 9.84 Å². The minimum absolute atomic E-state index is 0.0140. The lowest BCUT2D eigenvalue weighted by molar-refractivity contribution is -0.142. The first-order valence-electron chi connectivity index (χ1n) is 24.6. The number of imide groups is 1. The molecule has 0 aromatic carbocycles. The molecule has 2 amide bonds. The van der Waals surface area contributed by atoms with Crippen LogP contribution in [0.5, 0.6) is 0 Å². The van der Waals surface area contributed by atoms with Crippen LogP contribution in [0.4, 0.5) is 4.79 Å². The second-order valence-electron chi connectivity index (χ2n) is 17.1. The van der Waals surface area contributed by atoms with E-state index < -0.39 is 12.1 Å². The van der Waals surface area contributed by atoms with E-state index in [2.05, 4.69) is 27.7 Å². The third-order valence-corrected chi connectivity index (χ3v) is 12.0. The molecule has 0 radical (unpaired) electrons. The lowest BCUT2D eigenvalue weighted by Crippen LogP contribution is -2.42. The molecular formula is C49H95NO5. The number of rotatable bonds is 39. The number of nitrogens with zero attached hydrogens (tertiary/aromatic N) is 1. The average molecular weight is 778 g/mol. The lowest BCUT2D eigenvalue weighted by atomic mass is 9.92. The van der Waals surface area contributed by atoms with Crippen molar-refractivity contribution in [2.75, 3.05) is 6.61 Å². The highest BCUT2D eigenvalue weighted by Gasteiger charge is 2.39. The van der Waals surface area contributed by atoms with Crippen molar-refractivity contribution < 1.29 is 24.2 Å². The minimum Gasteiger partial charge on any atom is -0.481 e. The van der Waals surface area contributed by atoms with Gasteiger partial charge in [0, 0.05) is 5.92 Å². The van der Waals surface area contributed by atoms with Crippen molar-refractivity contribution in [3.8, 4) is 0 Å². The Morgan fingerprint density at radius 3 is 1.04 bits per heavy atom. The first-order chi connectivity index (χ1) is 26.9. The normalized spacial score (nSPS) is 15.1. The van der Waals surface area contributed by atoms with Gasteiger partial charge in [0.15, 0.2) is 0 Å². The summed E-state index contributed by atoms with van der Waals surface area (Å²) >= 11 is 0. The molecule has 6 heteroatoms. The second-order valence-corrected chi connectivity index (χ2v) is 17.1. The van der Waals surface area contributed by atoms with Crippen LogP contribution in [0.1, 0.15) is 272 Å². The largest absolute Gasteiger partial charge is 0.481 e. The zero-order valence-corrected chi connectivity index (χ0v) is 37.6. The number of carbonyl (C=O) groups excluding carboxylic acids is 2. The Hall–Kier alpha value is -1.59. The fourth-order valence-corrected chi connectivity index (χ4v) is 8.11. The smallest absolute Gasteiger partial charge is 0.416 e. The zero-order valence-electron chi connectivity index (χ0n) is 37.6. The maximum absolute atomic E-state index is 13.2. The zero-order chi connectivity index (χ0) is 40.6. The number of ether oxygens (including phenoxy) is 1. The van der Waals surface area contributed by atoms with E-state index in [-0.39, 0.29) is 23.8 Å². The molecule has 0 aromatic heterocycles. The summed E-state index contributed by atoms with van der Waals surface area (Å²) < 4.78 is 5.18. The molecule has 1 saturated heterocycles. The average Bonchev–Trinajstić information content (AvgIpc) is 3.57. The molecule has 0 saturated carbocycles. The molecule has 0 aliphatic carbocycles. The van der Waals surface area contributed by atoms with Crippen LogP contribution in [0.15, 0.2) is 0 Å².